The van der Waals surface area contributed by atoms with Crippen LogP contribution in [0.2, 0.25) is 0 Å². The molecule has 0 aromatic heterocycles. The molecular formula is C9H4N3O2. The number of benzene rings is 1. The van der Waals surface area contributed by atoms with Crippen LogP contribution < -0.4 is 5.32 Å². The molecule has 0 unspecified atom stereocenters. The number of carbonyl (C=O) groups excluding carboxylic acids is 1. The van der Waals surface area contributed by atoms with E-state index in [0.29, 0.717) is 0 Å². The summed E-state index contributed by atoms with van der Waals surface area (Å²) >= 11 is 0. The van der Waals surface area contributed by atoms with Crippen molar-refractivity contribution in [3.63, 3.8) is 0 Å². The third kappa shape index (κ3) is 1.99. The van der Waals surface area contributed by atoms with Gasteiger partial charge in [0, 0.05) is 5.69 Å². The zero-order chi connectivity index (χ0) is 10.6. The Labute approximate surface area is 79.8 Å². The predicted molar refractivity (Wildman–Crippen MR) is 45.6 cm³/mol. The van der Waals surface area contributed by atoms with Gasteiger partial charge in [0.1, 0.15) is 12.1 Å². The summed E-state index contributed by atoms with van der Waals surface area (Å²) in [6, 6.07) is 7.62. The van der Waals surface area contributed by atoms with Crippen LogP contribution >= 0.6 is 0 Å². The molecule has 0 bridgehead atoms. The fourth-order valence-corrected chi connectivity index (χ4v) is 0.930. The van der Waals surface area contributed by atoms with Crippen LogP contribution in [-0.2, 0) is 5.11 Å². The van der Waals surface area contributed by atoms with Gasteiger partial charge in [-0.2, -0.15) is 10.5 Å². The fraction of sp³-hybridized carbons (Fsp3) is 0. The van der Waals surface area contributed by atoms with Gasteiger partial charge in [-0.05, 0) is 18.2 Å². The summed E-state index contributed by atoms with van der Waals surface area (Å²) in [7, 11) is 0. The van der Waals surface area contributed by atoms with E-state index >= 15 is 0 Å². The number of nitrogens with zero attached hydrogens (tertiary/aromatic N) is 2. The van der Waals surface area contributed by atoms with Crippen molar-refractivity contribution in [2.75, 3.05) is 5.32 Å². The molecule has 5 nitrogen and oxygen atoms in total. The number of anilines is 1. The number of rotatable bonds is 1. The molecule has 5 heteroatoms. The minimum Gasteiger partial charge on any atom is -0.288 e. The summed E-state index contributed by atoms with van der Waals surface area (Å²) in [5.74, 6) is 0. The van der Waals surface area contributed by atoms with Gasteiger partial charge in [0.2, 0.25) is 0 Å². The molecule has 0 atom stereocenters. The molecule has 1 amide bonds. The zero-order valence-corrected chi connectivity index (χ0v) is 6.94. The maximum Gasteiger partial charge on any atom is 0.454 e. The molecule has 0 fully saturated rings. The van der Waals surface area contributed by atoms with Gasteiger partial charge in [0.05, 0.1) is 11.1 Å². The summed E-state index contributed by atoms with van der Waals surface area (Å²) in [4.78, 5) is 10.2. The van der Waals surface area contributed by atoms with Crippen LogP contribution in [0.3, 0.4) is 0 Å². The van der Waals surface area contributed by atoms with Crippen molar-refractivity contribution in [1.82, 2.24) is 0 Å². The highest BCUT2D eigenvalue weighted by molar-refractivity contribution is 5.83. The molecule has 1 radical (unpaired) electrons. The Morgan fingerprint density at radius 3 is 2.36 bits per heavy atom. The van der Waals surface area contributed by atoms with E-state index in [4.69, 9.17) is 10.5 Å². The lowest BCUT2D eigenvalue weighted by Gasteiger charge is -1.99. The molecule has 0 aliphatic carbocycles. The molecule has 0 spiro atoms. The number of amides is 1. The number of nitriles is 2. The molecule has 0 heterocycles. The first kappa shape index (κ1) is 9.56. The van der Waals surface area contributed by atoms with E-state index < -0.39 is 6.09 Å². The number of hydrogen-bond donors (Lipinski definition) is 1. The Kier molecular flexibility index (Phi) is 2.68. The average Bonchev–Trinajstić information content (AvgIpc) is 2.16. The largest absolute Gasteiger partial charge is 0.454 e. The Balaban J connectivity index is 3.11. The van der Waals surface area contributed by atoms with Gasteiger partial charge in [0.15, 0.2) is 0 Å². The lowest BCUT2D eigenvalue weighted by atomic mass is 10.1. The van der Waals surface area contributed by atoms with Gasteiger partial charge in [-0.25, -0.2) is 9.90 Å². The SMILES string of the molecule is N#Cc1ccc(NC([O])=O)cc1C#N. The quantitative estimate of drug-likeness (QED) is 0.717. The van der Waals surface area contributed by atoms with Crippen molar-refractivity contribution in [3.8, 4) is 12.1 Å². The first-order valence-corrected chi connectivity index (χ1v) is 3.59. The Bertz CT molecular complexity index is 454. The fourth-order valence-electron chi connectivity index (χ4n) is 0.930. The van der Waals surface area contributed by atoms with Crippen molar-refractivity contribution >= 4 is 11.8 Å². The van der Waals surface area contributed by atoms with Gasteiger partial charge in [0.25, 0.3) is 0 Å². The number of hydrogen-bond acceptors (Lipinski definition) is 3. The van der Waals surface area contributed by atoms with Gasteiger partial charge < -0.3 is 0 Å². The van der Waals surface area contributed by atoms with Crippen molar-refractivity contribution in [1.29, 1.82) is 10.5 Å². The average molecular weight is 186 g/mol. The monoisotopic (exact) mass is 186 g/mol. The summed E-state index contributed by atoms with van der Waals surface area (Å²) in [5, 5.41) is 29.3. The third-order valence-corrected chi connectivity index (χ3v) is 1.51. The Morgan fingerprint density at radius 1 is 1.21 bits per heavy atom. The highest BCUT2D eigenvalue weighted by atomic mass is 16.4. The normalized spacial score (nSPS) is 8.43. The number of nitrogens with one attached hydrogen (secondary N) is 1. The van der Waals surface area contributed by atoms with Gasteiger partial charge >= 0.3 is 6.09 Å². The second-order valence-electron chi connectivity index (χ2n) is 2.40. The van der Waals surface area contributed by atoms with E-state index in [1.165, 1.54) is 18.2 Å². The lowest BCUT2D eigenvalue weighted by Crippen LogP contribution is -2.05. The molecule has 0 aliphatic rings. The van der Waals surface area contributed by atoms with Crippen LogP contribution in [0.5, 0.6) is 0 Å². The zero-order valence-electron chi connectivity index (χ0n) is 6.94. The molecule has 1 aromatic carbocycles. The second-order valence-corrected chi connectivity index (χ2v) is 2.40. The van der Waals surface area contributed by atoms with Crippen LogP contribution in [0.1, 0.15) is 11.1 Å². The first-order chi connectivity index (χ1) is 6.67. The Morgan fingerprint density at radius 2 is 1.86 bits per heavy atom. The maximum atomic E-state index is 10.2. The minimum absolute atomic E-state index is 0.124. The Hall–Kier alpha value is -2.53. The first-order valence-electron chi connectivity index (χ1n) is 3.59. The molecule has 0 aliphatic heterocycles. The van der Waals surface area contributed by atoms with E-state index in [9.17, 15) is 9.90 Å². The standard InChI is InChI=1S/C9H4N3O2/c10-4-6-1-2-8(12-9(13)14)3-7(6)5-11/h1-3,12H. The van der Waals surface area contributed by atoms with Crippen LogP contribution in [0.4, 0.5) is 10.5 Å². The summed E-state index contributed by atoms with van der Waals surface area (Å²) in [6.45, 7) is 0. The van der Waals surface area contributed by atoms with Crippen molar-refractivity contribution in [2.24, 2.45) is 0 Å². The van der Waals surface area contributed by atoms with E-state index in [2.05, 4.69) is 0 Å². The van der Waals surface area contributed by atoms with E-state index in [1.807, 2.05) is 11.4 Å². The van der Waals surface area contributed by atoms with E-state index in [0.717, 1.165) is 0 Å². The van der Waals surface area contributed by atoms with Gasteiger partial charge in [-0.1, -0.05) is 0 Å². The van der Waals surface area contributed by atoms with Crippen LogP contribution in [0.15, 0.2) is 18.2 Å². The topological polar surface area (TPSA) is 96.6 Å². The molecule has 1 N–H and O–H groups in total. The van der Waals surface area contributed by atoms with E-state index in [-0.39, 0.29) is 16.8 Å². The predicted octanol–water partition coefficient (Wildman–Crippen LogP) is 1.39. The summed E-state index contributed by atoms with van der Waals surface area (Å²) in [5.41, 5.74) is 0.538. The molecule has 14 heavy (non-hydrogen) atoms. The van der Waals surface area contributed by atoms with Crippen molar-refractivity contribution in [3.05, 3.63) is 29.3 Å². The highest BCUT2D eigenvalue weighted by Crippen LogP contribution is 2.14. The van der Waals surface area contributed by atoms with Gasteiger partial charge in [-0.3, -0.25) is 5.32 Å². The van der Waals surface area contributed by atoms with Crippen LogP contribution in [-0.4, -0.2) is 6.09 Å². The third-order valence-electron chi connectivity index (χ3n) is 1.51. The smallest absolute Gasteiger partial charge is 0.288 e. The molecule has 0 saturated carbocycles. The highest BCUT2D eigenvalue weighted by Gasteiger charge is 2.04. The van der Waals surface area contributed by atoms with Crippen molar-refractivity contribution in [2.45, 2.75) is 0 Å². The summed E-state index contributed by atoms with van der Waals surface area (Å²) in [6.07, 6.45) is -1.46. The maximum absolute atomic E-state index is 10.2. The van der Waals surface area contributed by atoms with Crippen molar-refractivity contribution < 1.29 is 9.90 Å². The molecule has 1 aromatic rings. The minimum atomic E-state index is -1.46. The molecule has 1 rings (SSSR count). The second kappa shape index (κ2) is 3.92. The lowest BCUT2D eigenvalue weighted by molar-refractivity contribution is 0.185. The number of carbonyl (C=O) groups is 1. The summed E-state index contributed by atoms with van der Waals surface area (Å²) < 4.78 is 0. The van der Waals surface area contributed by atoms with Crippen LogP contribution in [0.25, 0.3) is 0 Å². The van der Waals surface area contributed by atoms with E-state index in [1.54, 1.807) is 6.07 Å². The van der Waals surface area contributed by atoms with Gasteiger partial charge in [-0.15, -0.1) is 0 Å². The molecule has 67 valence electrons. The molecular weight excluding hydrogens is 182 g/mol. The molecule has 0 saturated heterocycles. The van der Waals surface area contributed by atoms with Crippen LogP contribution in [0, 0.1) is 22.7 Å².